The Balaban J connectivity index is 1.54. The minimum Gasteiger partial charge on any atom is -0.327 e. The average Bonchev–Trinajstić information content (AvgIpc) is 3.28. The van der Waals surface area contributed by atoms with Gasteiger partial charge in [-0.05, 0) is 36.0 Å². The molecule has 1 saturated carbocycles. The number of hydrogen-bond donors (Lipinski definition) is 1. The van der Waals surface area contributed by atoms with Crippen molar-refractivity contribution in [3.05, 3.63) is 66.0 Å². The fraction of sp³-hybridized carbons (Fsp3) is 0.294. The maximum absolute atomic E-state index is 13.5. The molecule has 20 heavy (non-hydrogen) atoms. The van der Waals surface area contributed by atoms with E-state index in [0.717, 1.165) is 12.2 Å². The Kier molecular flexibility index (Phi) is 4.08. The smallest absolute Gasteiger partial charge is 0.136 e. The summed E-state index contributed by atoms with van der Waals surface area (Å²) in [6, 6.07) is 17.5. The van der Waals surface area contributed by atoms with Gasteiger partial charge in [-0.1, -0.05) is 42.5 Å². The Hall–Kier alpha value is -1.32. The third-order valence-electron chi connectivity index (χ3n) is 3.89. The third kappa shape index (κ3) is 3.05. The summed E-state index contributed by atoms with van der Waals surface area (Å²) in [5, 5.41) is 0. The lowest BCUT2D eigenvalue weighted by Crippen LogP contribution is -2.26. The van der Waals surface area contributed by atoms with Crippen LogP contribution in [0.1, 0.15) is 17.9 Å². The minimum atomic E-state index is -0.153. The molecule has 0 saturated heterocycles. The van der Waals surface area contributed by atoms with Crippen LogP contribution in [-0.4, -0.2) is 11.8 Å². The molecule has 2 N–H and O–H groups in total. The van der Waals surface area contributed by atoms with Crippen molar-refractivity contribution in [2.45, 2.75) is 23.3 Å². The Morgan fingerprint density at radius 1 is 1.10 bits per heavy atom. The predicted molar refractivity (Wildman–Crippen MR) is 82.4 cm³/mol. The van der Waals surface area contributed by atoms with E-state index in [2.05, 4.69) is 24.3 Å². The van der Waals surface area contributed by atoms with E-state index in [1.165, 1.54) is 23.4 Å². The van der Waals surface area contributed by atoms with Gasteiger partial charge in [-0.2, -0.15) is 0 Å². The van der Waals surface area contributed by atoms with Crippen LogP contribution < -0.4 is 5.73 Å². The molecular formula is C17H18FNS. The van der Waals surface area contributed by atoms with Crippen molar-refractivity contribution in [3.63, 3.8) is 0 Å². The van der Waals surface area contributed by atoms with Gasteiger partial charge in [0, 0.05) is 16.7 Å². The molecule has 3 unspecified atom stereocenters. The van der Waals surface area contributed by atoms with Gasteiger partial charge >= 0.3 is 0 Å². The second-order valence-corrected chi connectivity index (χ2v) is 6.38. The predicted octanol–water partition coefficient (Wildman–Crippen LogP) is 4.05. The zero-order chi connectivity index (χ0) is 13.9. The van der Waals surface area contributed by atoms with Crippen molar-refractivity contribution in [3.8, 4) is 0 Å². The summed E-state index contributed by atoms with van der Waals surface area (Å²) in [6.45, 7) is 0. The average molecular weight is 287 g/mol. The summed E-state index contributed by atoms with van der Waals surface area (Å²) >= 11 is 1.52. The normalized spacial score (nSPS) is 22.5. The zero-order valence-electron chi connectivity index (χ0n) is 11.2. The summed E-state index contributed by atoms with van der Waals surface area (Å²) in [5.74, 6) is 1.75. The molecule has 2 aromatic carbocycles. The van der Waals surface area contributed by atoms with Crippen molar-refractivity contribution in [1.29, 1.82) is 0 Å². The van der Waals surface area contributed by atoms with Crippen molar-refractivity contribution < 1.29 is 4.39 Å². The fourth-order valence-electron chi connectivity index (χ4n) is 2.64. The highest BCUT2D eigenvalue weighted by Gasteiger charge is 2.42. The lowest BCUT2D eigenvalue weighted by Gasteiger charge is -2.11. The second kappa shape index (κ2) is 5.98. The number of benzene rings is 2. The molecule has 0 aliphatic heterocycles. The summed E-state index contributed by atoms with van der Waals surface area (Å²) in [6.07, 6.45) is 1.16. The Labute approximate surface area is 123 Å². The van der Waals surface area contributed by atoms with Crippen LogP contribution in [0.4, 0.5) is 4.39 Å². The number of hydrogen-bond acceptors (Lipinski definition) is 2. The molecule has 1 aliphatic rings. The molecular weight excluding hydrogens is 269 g/mol. The first kappa shape index (κ1) is 13.7. The summed E-state index contributed by atoms with van der Waals surface area (Å²) in [5.41, 5.74) is 7.64. The number of nitrogens with two attached hydrogens (primary N) is 1. The van der Waals surface area contributed by atoms with Crippen molar-refractivity contribution in [2.24, 2.45) is 11.7 Å². The molecule has 1 aliphatic carbocycles. The van der Waals surface area contributed by atoms with E-state index in [0.29, 0.717) is 16.7 Å². The van der Waals surface area contributed by atoms with Crippen LogP contribution in [0.2, 0.25) is 0 Å². The van der Waals surface area contributed by atoms with Crippen molar-refractivity contribution in [1.82, 2.24) is 0 Å². The molecule has 2 aromatic rings. The van der Waals surface area contributed by atoms with Crippen LogP contribution in [0, 0.1) is 11.7 Å². The molecule has 3 atom stereocenters. The van der Waals surface area contributed by atoms with Crippen LogP contribution in [0.5, 0.6) is 0 Å². The SMILES string of the molecule is NC(CSc1ccccc1F)C1CC1c1ccccc1. The van der Waals surface area contributed by atoms with Gasteiger partial charge in [0.05, 0.1) is 0 Å². The van der Waals surface area contributed by atoms with E-state index in [1.54, 1.807) is 6.07 Å². The molecule has 0 aromatic heterocycles. The van der Waals surface area contributed by atoms with Crippen LogP contribution in [0.25, 0.3) is 0 Å². The fourth-order valence-corrected chi connectivity index (χ4v) is 3.64. The Bertz CT molecular complexity index is 572. The van der Waals surface area contributed by atoms with Gasteiger partial charge < -0.3 is 5.73 Å². The molecule has 1 nitrogen and oxygen atoms in total. The topological polar surface area (TPSA) is 26.0 Å². The van der Waals surface area contributed by atoms with E-state index in [1.807, 2.05) is 18.2 Å². The highest BCUT2D eigenvalue weighted by atomic mass is 32.2. The maximum Gasteiger partial charge on any atom is 0.136 e. The van der Waals surface area contributed by atoms with Crippen LogP contribution in [0.3, 0.4) is 0 Å². The lowest BCUT2D eigenvalue weighted by molar-refractivity contribution is 0.600. The van der Waals surface area contributed by atoms with Gasteiger partial charge in [0.25, 0.3) is 0 Å². The minimum absolute atomic E-state index is 0.129. The molecule has 0 heterocycles. The molecule has 1 fully saturated rings. The van der Waals surface area contributed by atoms with Gasteiger partial charge in [0.2, 0.25) is 0 Å². The molecule has 104 valence electrons. The quantitative estimate of drug-likeness (QED) is 0.840. The van der Waals surface area contributed by atoms with Gasteiger partial charge in [0.15, 0.2) is 0 Å². The largest absolute Gasteiger partial charge is 0.327 e. The van der Waals surface area contributed by atoms with E-state index < -0.39 is 0 Å². The van der Waals surface area contributed by atoms with Crippen LogP contribution in [0.15, 0.2) is 59.5 Å². The van der Waals surface area contributed by atoms with Gasteiger partial charge in [0.1, 0.15) is 5.82 Å². The number of halogens is 1. The van der Waals surface area contributed by atoms with Crippen LogP contribution >= 0.6 is 11.8 Å². The summed E-state index contributed by atoms with van der Waals surface area (Å²) in [7, 11) is 0. The van der Waals surface area contributed by atoms with Crippen molar-refractivity contribution >= 4 is 11.8 Å². The first-order valence-electron chi connectivity index (χ1n) is 6.93. The molecule has 3 rings (SSSR count). The standard InChI is InChI=1S/C17H18FNS/c18-15-8-4-5-9-17(15)20-11-16(19)14-10-13(14)12-6-2-1-3-7-12/h1-9,13-14,16H,10-11,19H2. The molecule has 0 amide bonds. The summed E-state index contributed by atoms with van der Waals surface area (Å²) < 4.78 is 13.5. The molecule has 0 bridgehead atoms. The highest BCUT2D eigenvalue weighted by molar-refractivity contribution is 7.99. The van der Waals surface area contributed by atoms with E-state index >= 15 is 0 Å². The van der Waals surface area contributed by atoms with Crippen LogP contribution in [-0.2, 0) is 0 Å². The molecule has 0 radical (unpaired) electrons. The Morgan fingerprint density at radius 3 is 2.55 bits per heavy atom. The molecule has 0 spiro atoms. The van der Waals surface area contributed by atoms with Gasteiger partial charge in [-0.3, -0.25) is 0 Å². The van der Waals surface area contributed by atoms with Crippen molar-refractivity contribution in [2.75, 3.05) is 5.75 Å². The first-order valence-corrected chi connectivity index (χ1v) is 7.92. The first-order chi connectivity index (χ1) is 9.75. The highest BCUT2D eigenvalue weighted by Crippen LogP contribution is 2.49. The van der Waals surface area contributed by atoms with Gasteiger partial charge in [-0.25, -0.2) is 4.39 Å². The van der Waals surface area contributed by atoms with Gasteiger partial charge in [-0.15, -0.1) is 11.8 Å². The Morgan fingerprint density at radius 2 is 1.80 bits per heavy atom. The number of rotatable bonds is 5. The monoisotopic (exact) mass is 287 g/mol. The maximum atomic E-state index is 13.5. The molecule has 3 heteroatoms. The zero-order valence-corrected chi connectivity index (χ0v) is 12.0. The third-order valence-corrected chi connectivity index (χ3v) is 5.08. The number of thioether (sulfide) groups is 1. The van der Waals surface area contributed by atoms with E-state index in [4.69, 9.17) is 5.73 Å². The second-order valence-electron chi connectivity index (χ2n) is 5.32. The summed E-state index contributed by atoms with van der Waals surface area (Å²) in [4.78, 5) is 0.694. The van der Waals surface area contributed by atoms with E-state index in [9.17, 15) is 4.39 Å². The lowest BCUT2D eigenvalue weighted by atomic mass is 10.1. The van der Waals surface area contributed by atoms with E-state index in [-0.39, 0.29) is 11.9 Å².